The Morgan fingerprint density at radius 2 is 1.85 bits per heavy atom. The minimum Gasteiger partial charge on any atom is -0.302 e. The van der Waals surface area contributed by atoms with Gasteiger partial charge in [-0.1, -0.05) is 30.3 Å². The van der Waals surface area contributed by atoms with E-state index in [0.29, 0.717) is 6.04 Å². The lowest BCUT2D eigenvalue weighted by Gasteiger charge is -2.23. The molecule has 0 bridgehead atoms. The first kappa shape index (κ1) is 10.6. The van der Waals surface area contributed by atoms with Crippen molar-refractivity contribution < 1.29 is 0 Å². The van der Waals surface area contributed by atoms with E-state index in [9.17, 15) is 0 Å². The molecule has 13 heavy (non-hydrogen) atoms. The number of hydrogen-bond acceptors (Lipinski definition) is 2. The number of hydrogen-bond donors (Lipinski definition) is 0. The molecular weight excluding hydrogens is 178 g/mol. The zero-order valence-electron chi connectivity index (χ0n) is 8.53. The summed E-state index contributed by atoms with van der Waals surface area (Å²) in [5, 5.41) is 0. The van der Waals surface area contributed by atoms with Gasteiger partial charge in [0, 0.05) is 11.8 Å². The average molecular weight is 195 g/mol. The molecule has 0 aliphatic rings. The van der Waals surface area contributed by atoms with Crippen molar-refractivity contribution in [3.8, 4) is 0 Å². The fraction of sp³-hybridized carbons (Fsp3) is 0.455. The molecular formula is C11H17NS. The zero-order chi connectivity index (χ0) is 9.68. The summed E-state index contributed by atoms with van der Waals surface area (Å²) in [6.07, 6.45) is 2.15. The SMILES string of the molecule is CSC[C@@H](c1ccccc1)N(C)C. The first-order valence-electron chi connectivity index (χ1n) is 4.46. The summed E-state index contributed by atoms with van der Waals surface area (Å²) in [4.78, 5) is 2.27. The van der Waals surface area contributed by atoms with Gasteiger partial charge < -0.3 is 4.90 Å². The van der Waals surface area contributed by atoms with Crippen molar-refractivity contribution in [2.24, 2.45) is 0 Å². The fourth-order valence-electron chi connectivity index (χ4n) is 1.38. The number of thioether (sulfide) groups is 1. The molecule has 1 nitrogen and oxygen atoms in total. The van der Waals surface area contributed by atoms with Crippen LogP contribution in [0.25, 0.3) is 0 Å². The third-order valence-corrected chi connectivity index (χ3v) is 2.78. The van der Waals surface area contributed by atoms with Crippen LogP contribution in [-0.2, 0) is 0 Å². The molecule has 0 heterocycles. The summed E-state index contributed by atoms with van der Waals surface area (Å²) in [6.45, 7) is 0. The summed E-state index contributed by atoms with van der Waals surface area (Å²) in [5.74, 6) is 1.15. The number of benzene rings is 1. The first-order chi connectivity index (χ1) is 6.25. The molecule has 0 saturated carbocycles. The van der Waals surface area contributed by atoms with Crippen LogP contribution in [0.15, 0.2) is 30.3 Å². The molecule has 1 aromatic carbocycles. The van der Waals surface area contributed by atoms with Crippen LogP contribution in [0.3, 0.4) is 0 Å². The second-order valence-corrected chi connectivity index (χ2v) is 4.26. The molecule has 0 spiro atoms. The van der Waals surface area contributed by atoms with Crippen LogP contribution in [0.4, 0.5) is 0 Å². The topological polar surface area (TPSA) is 3.24 Å². The molecule has 0 aliphatic carbocycles. The fourth-order valence-corrected chi connectivity index (χ4v) is 2.18. The first-order valence-corrected chi connectivity index (χ1v) is 5.85. The lowest BCUT2D eigenvalue weighted by atomic mass is 10.1. The molecule has 2 heteroatoms. The second kappa shape index (κ2) is 5.30. The van der Waals surface area contributed by atoms with E-state index in [1.165, 1.54) is 5.56 Å². The Hall–Kier alpha value is -0.470. The third-order valence-electron chi connectivity index (χ3n) is 2.13. The van der Waals surface area contributed by atoms with Gasteiger partial charge >= 0.3 is 0 Å². The Balaban J connectivity index is 2.76. The Morgan fingerprint density at radius 3 is 2.31 bits per heavy atom. The van der Waals surface area contributed by atoms with E-state index >= 15 is 0 Å². The summed E-state index contributed by atoms with van der Waals surface area (Å²) >= 11 is 1.89. The Kier molecular flexibility index (Phi) is 4.33. The van der Waals surface area contributed by atoms with Crippen LogP contribution in [0.1, 0.15) is 11.6 Å². The molecule has 1 atom stereocenters. The molecule has 0 aliphatic heterocycles. The Morgan fingerprint density at radius 1 is 1.23 bits per heavy atom. The Labute approximate surface area is 85.1 Å². The van der Waals surface area contributed by atoms with Gasteiger partial charge in [0.1, 0.15) is 0 Å². The zero-order valence-corrected chi connectivity index (χ0v) is 9.34. The van der Waals surface area contributed by atoms with Crippen molar-refractivity contribution in [3.05, 3.63) is 35.9 Å². The highest BCUT2D eigenvalue weighted by Crippen LogP contribution is 2.21. The van der Waals surface area contributed by atoms with E-state index in [-0.39, 0.29) is 0 Å². The van der Waals surface area contributed by atoms with Gasteiger partial charge in [0.25, 0.3) is 0 Å². The van der Waals surface area contributed by atoms with Crippen molar-refractivity contribution in [2.45, 2.75) is 6.04 Å². The molecule has 0 aromatic heterocycles. The molecule has 0 fully saturated rings. The van der Waals surface area contributed by atoms with Gasteiger partial charge in [-0.2, -0.15) is 11.8 Å². The standard InChI is InChI=1S/C11H17NS/c1-12(2)11(9-13-3)10-7-5-4-6-8-10/h4-8,11H,9H2,1-3H3/t11-/m0/s1. The minimum absolute atomic E-state index is 0.538. The van der Waals surface area contributed by atoms with Crippen LogP contribution in [0, 0.1) is 0 Å². The molecule has 0 unspecified atom stereocenters. The van der Waals surface area contributed by atoms with E-state index in [2.05, 4.69) is 55.6 Å². The minimum atomic E-state index is 0.538. The lowest BCUT2D eigenvalue weighted by molar-refractivity contribution is 0.326. The molecule has 0 N–H and O–H groups in total. The maximum absolute atomic E-state index is 2.27. The van der Waals surface area contributed by atoms with E-state index in [0.717, 1.165) is 5.75 Å². The number of nitrogens with zero attached hydrogens (tertiary/aromatic N) is 1. The van der Waals surface area contributed by atoms with Crippen molar-refractivity contribution in [1.29, 1.82) is 0 Å². The van der Waals surface area contributed by atoms with Crippen molar-refractivity contribution in [1.82, 2.24) is 4.90 Å². The van der Waals surface area contributed by atoms with Crippen molar-refractivity contribution >= 4 is 11.8 Å². The van der Waals surface area contributed by atoms with Crippen molar-refractivity contribution in [3.63, 3.8) is 0 Å². The highest BCUT2D eigenvalue weighted by atomic mass is 32.2. The molecule has 1 aromatic rings. The molecule has 72 valence electrons. The van der Waals surface area contributed by atoms with Gasteiger partial charge in [-0.3, -0.25) is 0 Å². The van der Waals surface area contributed by atoms with E-state index < -0.39 is 0 Å². The van der Waals surface area contributed by atoms with Crippen LogP contribution >= 0.6 is 11.8 Å². The van der Waals surface area contributed by atoms with Gasteiger partial charge in [-0.15, -0.1) is 0 Å². The Bertz CT molecular complexity index is 233. The molecule has 1 rings (SSSR count). The number of rotatable bonds is 4. The molecule has 0 radical (unpaired) electrons. The predicted molar refractivity (Wildman–Crippen MR) is 61.3 cm³/mol. The van der Waals surface area contributed by atoms with Crippen molar-refractivity contribution in [2.75, 3.05) is 26.1 Å². The maximum Gasteiger partial charge on any atom is 0.0432 e. The monoisotopic (exact) mass is 195 g/mol. The third kappa shape index (κ3) is 3.05. The van der Waals surface area contributed by atoms with Gasteiger partial charge in [0.05, 0.1) is 0 Å². The van der Waals surface area contributed by atoms with E-state index in [1.807, 2.05) is 11.8 Å². The summed E-state index contributed by atoms with van der Waals surface area (Å²) < 4.78 is 0. The van der Waals surface area contributed by atoms with E-state index in [4.69, 9.17) is 0 Å². The smallest absolute Gasteiger partial charge is 0.0432 e. The molecule has 0 saturated heterocycles. The normalized spacial score (nSPS) is 13.2. The summed E-state index contributed by atoms with van der Waals surface area (Å²) in [5.41, 5.74) is 1.40. The highest BCUT2D eigenvalue weighted by molar-refractivity contribution is 7.98. The maximum atomic E-state index is 2.27. The molecule has 0 amide bonds. The van der Waals surface area contributed by atoms with Gasteiger partial charge in [-0.25, -0.2) is 0 Å². The van der Waals surface area contributed by atoms with Crippen LogP contribution in [0.5, 0.6) is 0 Å². The van der Waals surface area contributed by atoms with Crippen LogP contribution in [0.2, 0.25) is 0 Å². The lowest BCUT2D eigenvalue weighted by Crippen LogP contribution is -2.21. The largest absolute Gasteiger partial charge is 0.302 e. The van der Waals surface area contributed by atoms with Gasteiger partial charge in [0.15, 0.2) is 0 Å². The highest BCUT2D eigenvalue weighted by Gasteiger charge is 2.11. The van der Waals surface area contributed by atoms with Gasteiger partial charge in [0.2, 0.25) is 0 Å². The van der Waals surface area contributed by atoms with Gasteiger partial charge in [-0.05, 0) is 25.9 Å². The quantitative estimate of drug-likeness (QED) is 0.726. The van der Waals surface area contributed by atoms with E-state index in [1.54, 1.807) is 0 Å². The summed E-state index contributed by atoms with van der Waals surface area (Å²) in [6, 6.07) is 11.2. The average Bonchev–Trinajstić information content (AvgIpc) is 2.15. The van der Waals surface area contributed by atoms with Crippen LogP contribution < -0.4 is 0 Å². The summed E-state index contributed by atoms with van der Waals surface area (Å²) in [7, 11) is 4.27. The second-order valence-electron chi connectivity index (χ2n) is 3.35. The predicted octanol–water partition coefficient (Wildman–Crippen LogP) is 2.65. The van der Waals surface area contributed by atoms with Crippen LogP contribution in [-0.4, -0.2) is 31.0 Å².